The van der Waals surface area contributed by atoms with Crippen molar-refractivity contribution in [3.63, 3.8) is 0 Å². The van der Waals surface area contributed by atoms with Crippen LogP contribution in [0, 0.1) is 0 Å². The van der Waals surface area contributed by atoms with Gasteiger partial charge in [-0.15, -0.1) is 0 Å². The molecular formula is C26H34N2. The molecule has 2 aromatic carbocycles. The van der Waals surface area contributed by atoms with Crippen molar-refractivity contribution in [2.45, 2.75) is 51.4 Å². The molecule has 0 aromatic heterocycles. The number of benzene rings is 2. The van der Waals surface area contributed by atoms with Crippen LogP contribution in [0.4, 0.5) is 11.4 Å². The Morgan fingerprint density at radius 3 is 1.14 bits per heavy atom. The molecule has 2 aliphatic rings. The van der Waals surface area contributed by atoms with E-state index in [1.165, 1.54) is 100 Å². The predicted octanol–water partition coefficient (Wildman–Crippen LogP) is 6.51. The Kier molecular flexibility index (Phi) is 6.36. The van der Waals surface area contributed by atoms with E-state index in [0.717, 1.165) is 5.57 Å². The maximum atomic E-state index is 4.38. The molecule has 28 heavy (non-hydrogen) atoms. The van der Waals surface area contributed by atoms with Gasteiger partial charge in [-0.25, -0.2) is 0 Å². The number of anilines is 2. The van der Waals surface area contributed by atoms with Crippen LogP contribution in [-0.4, -0.2) is 26.2 Å². The summed E-state index contributed by atoms with van der Waals surface area (Å²) in [6.07, 6.45) is 10.8. The van der Waals surface area contributed by atoms with E-state index in [4.69, 9.17) is 0 Å². The lowest BCUT2D eigenvalue weighted by atomic mass is 9.99. The lowest BCUT2D eigenvalue weighted by molar-refractivity contribution is 0.726. The van der Waals surface area contributed by atoms with Crippen molar-refractivity contribution in [2.75, 3.05) is 36.0 Å². The second-order valence-corrected chi connectivity index (χ2v) is 8.37. The third-order valence-corrected chi connectivity index (χ3v) is 6.37. The third-order valence-electron chi connectivity index (χ3n) is 6.37. The molecule has 0 atom stereocenters. The van der Waals surface area contributed by atoms with Crippen molar-refractivity contribution in [3.8, 4) is 0 Å². The Balaban J connectivity index is 1.43. The van der Waals surface area contributed by atoms with Crippen molar-refractivity contribution in [1.82, 2.24) is 0 Å². The van der Waals surface area contributed by atoms with Gasteiger partial charge in [-0.3, -0.25) is 0 Å². The standard InChI is InChI=1S/C26H34N2/c1-22(23-10-14-25(15-11-23)27-18-6-2-3-7-19-27)24-12-16-26(17-13-24)28-20-8-4-5-9-21-28/h10-17H,1-9,18-21H2. The van der Waals surface area contributed by atoms with E-state index >= 15 is 0 Å². The molecule has 0 N–H and O–H groups in total. The van der Waals surface area contributed by atoms with E-state index in [2.05, 4.69) is 64.9 Å². The van der Waals surface area contributed by atoms with E-state index in [1.54, 1.807) is 0 Å². The topological polar surface area (TPSA) is 6.48 Å². The predicted molar refractivity (Wildman–Crippen MR) is 122 cm³/mol. The molecule has 0 aliphatic carbocycles. The number of hydrogen-bond acceptors (Lipinski definition) is 2. The first-order valence-corrected chi connectivity index (χ1v) is 11.2. The fourth-order valence-electron chi connectivity index (χ4n) is 4.57. The van der Waals surface area contributed by atoms with Crippen LogP contribution < -0.4 is 9.80 Å². The van der Waals surface area contributed by atoms with Crippen LogP contribution in [0.15, 0.2) is 55.1 Å². The molecule has 2 aliphatic heterocycles. The van der Waals surface area contributed by atoms with Gasteiger partial charge in [0.15, 0.2) is 0 Å². The Bertz CT molecular complexity index is 679. The summed E-state index contributed by atoms with van der Waals surface area (Å²) >= 11 is 0. The highest BCUT2D eigenvalue weighted by atomic mass is 15.1. The molecule has 0 bridgehead atoms. The van der Waals surface area contributed by atoms with E-state index in [9.17, 15) is 0 Å². The average molecular weight is 375 g/mol. The van der Waals surface area contributed by atoms with E-state index < -0.39 is 0 Å². The Morgan fingerprint density at radius 2 is 0.821 bits per heavy atom. The van der Waals surface area contributed by atoms with Gasteiger partial charge < -0.3 is 9.80 Å². The van der Waals surface area contributed by atoms with Crippen LogP contribution >= 0.6 is 0 Å². The first kappa shape index (κ1) is 19.1. The maximum absolute atomic E-state index is 4.38. The summed E-state index contributed by atoms with van der Waals surface area (Å²) in [5.74, 6) is 0. The van der Waals surface area contributed by atoms with E-state index in [-0.39, 0.29) is 0 Å². The van der Waals surface area contributed by atoms with Gasteiger partial charge in [0, 0.05) is 37.6 Å². The molecule has 2 saturated heterocycles. The smallest absolute Gasteiger partial charge is 0.0366 e. The monoisotopic (exact) mass is 374 g/mol. The third kappa shape index (κ3) is 4.60. The van der Waals surface area contributed by atoms with Gasteiger partial charge in [0.2, 0.25) is 0 Å². The van der Waals surface area contributed by atoms with Gasteiger partial charge in [-0.2, -0.15) is 0 Å². The lowest BCUT2D eigenvalue weighted by Gasteiger charge is -2.23. The molecule has 4 rings (SSSR count). The van der Waals surface area contributed by atoms with Gasteiger partial charge in [0.25, 0.3) is 0 Å². The van der Waals surface area contributed by atoms with Crippen LogP contribution in [0.3, 0.4) is 0 Å². The Morgan fingerprint density at radius 1 is 0.500 bits per heavy atom. The van der Waals surface area contributed by atoms with Crippen LogP contribution in [0.2, 0.25) is 0 Å². The summed E-state index contributed by atoms with van der Waals surface area (Å²) in [5, 5.41) is 0. The van der Waals surface area contributed by atoms with Crippen LogP contribution in [0.1, 0.15) is 62.5 Å². The molecule has 0 spiro atoms. The minimum absolute atomic E-state index is 1.12. The summed E-state index contributed by atoms with van der Waals surface area (Å²) < 4.78 is 0. The molecule has 2 fully saturated rings. The highest BCUT2D eigenvalue weighted by molar-refractivity contribution is 5.79. The molecule has 0 amide bonds. The van der Waals surface area contributed by atoms with Crippen LogP contribution in [0.5, 0.6) is 0 Å². The van der Waals surface area contributed by atoms with Gasteiger partial charge in [-0.05, 0) is 66.6 Å². The second-order valence-electron chi connectivity index (χ2n) is 8.37. The molecule has 2 heterocycles. The molecular weight excluding hydrogens is 340 g/mol. The van der Waals surface area contributed by atoms with E-state index in [0.29, 0.717) is 0 Å². The van der Waals surface area contributed by atoms with Crippen LogP contribution in [0.25, 0.3) is 5.57 Å². The number of nitrogens with zero attached hydrogens (tertiary/aromatic N) is 2. The van der Waals surface area contributed by atoms with Crippen molar-refractivity contribution >= 4 is 16.9 Å². The SMILES string of the molecule is C=C(c1ccc(N2CCCCCC2)cc1)c1ccc(N2CCCCCC2)cc1. The molecule has 0 radical (unpaired) electrons. The minimum atomic E-state index is 1.12. The number of hydrogen-bond donors (Lipinski definition) is 0. The van der Waals surface area contributed by atoms with Gasteiger partial charge >= 0.3 is 0 Å². The summed E-state index contributed by atoms with van der Waals surface area (Å²) in [6.45, 7) is 9.15. The summed E-state index contributed by atoms with van der Waals surface area (Å²) in [6, 6.07) is 18.1. The largest absolute Gasteiger partial charge is 0.372 e. The highest BCUT2D eigenvalue weighted by Crippen LogP contribution is 2.28. The molecule has 0 saturated carbocycles. The minimum Gasteiger partial charge on any atom is -0.372 e. The zero-order valence-electron chi connectivity index (χ0n) is 17.2. The molecule has 2 heteroatoms. The van der Waals surface area contributed by atoms with Crippen molar-refractivity contribution in [1.29, 1.82) is 0 Å². The summed E-state index contributed by atoms with van der Waals surface area (Å²) in [7, 11) is 0. The Hall–Kier alpha value is -2.22. The quantitative estimate of drug-likeness (QED) is 0.602. The van der Waals surface area contributed by atoms with Crippen molar-refractivity contribution < 1.29 is 0 Å². The van der Waals surface area contributed by atoms with Crippen molar-refractivity contribution in [2.24, 2.45) is 0 Å². The average Bonchev–Trinajstić information content (AvgIpc) is 3.19. The van der Waals surface area contributed by atoms with Crippen molar-refractivity contribution in [3.05, 3.63) is 66.2 Å². The second kappa shape index (κ2) is 9.32. The fraction of sp³-hybridized carbons (Fsp3) is 0.462. The zero-order chi connectivity index (χ0) is 19.2. The summed E-state index contributed by atoms with van der Waals surface area (Å²) in [4.78, 5) is 5.07. The molecule has 2 aromatic rings. The first-order chi connectivity index (χ1) is 13.8. The van der Waals surface area contributed by atoms with Gasteiger partial charge in [0.1, 0.15) is 0 Å². The maximum Gasteiger partial charge on any atom is 0.0366 e. The highest BCUT2D eigenvalue weighted by Gasteiger charge is 2.12. The lowest BCUT2D eigenvalue weighted by Crippen LogP contribution is -2.23. The van der Waals surface area contributed by atoms with Gasteiger partial charge in [0.05, 0.1) is 0 Å². The van der Waals surface area contributed by atoms with Gasteiger partial charge in [-0.1, -0.05) is 56.5 Å². The molecule has 148 valence electrons. The molecule has 2 nitrogen and oxygen atoms in total. The van der Waals surface area contributed by atoms with Crippen LogP contribution in [-0.2, 0) is 0 Å². The summed E-state index contributed by atoms with van der Waals surface area (Å²) in [5.41, 5.74) is 6.27. The first-order valence-electron chi connectivity index (χ1n) is 11.2. The number of rotatable bonds is 4. The Labute approximate surface area is 170 Å². The fourth-order valence-corrected chi connectivity index (χ4v) is 4.57. The zero-order valence-corrected chi connectivity index (χ0v) is 17.2. The van der Waals surface area contributed by atoms with E-state index in [1.807, 2.05) is 0 Å². The normalized spacial score (nSPS) is 18.4. The molecule has 0 unspecified atom stereocenters.